The Morgan fingerprint density at radius 3 is 2.68 bits per heavy atom. The fraction of sp³-hybridized carbons (Fsp3) is 0.200. The lowest BCUT2D eigenvalue weighted by Gasteiger charge is -2.14. The van der Waals surface area contributed by atoms with Crippen molar-refractivity contribution >= 4 is 17.3 Å². The zero-order valence-electron chi connectivity index (χ0n) is 10.5. The summed E-state index contributed by atoms with van der Waals surface area (Å²) in [4.78, 5) is 0. The van der Waals surface area contributed by atoms with E-state index in [1.54, 1.807) is 19.1 Å². The highest BCUT2D eigenvalue weighted by Gasteiger charge is 2.08. The van der Waals surface area contributed by atoms with Gasteiger partial charge in [0, 0.05) is 28.4 Å². The predicted molar refractivity (Wildman–Crippen MR) is 75.8 cm³/mol. The molecule has 100 valence electrons. The Morgan fingerprint density at radius 2 is 2.00 bits per heavy atom. The van der Waals surface area contributed by atoms with Crippen LogP contribution < -0.4 is 5.32 Å². The van der Waals surface area contributed by atoms with E-state index in [0.717, 1.165) is 11.3 Å². The minimum Gasteiger partial charge on any atom is -0.389 e. The van der Waals surface area contributed by atoms with Gasteiger partial charge in [0.2, 0.25) is 0 Å². The van der Waals surface area contributed by atoms with Crippen LogP contribution in [0.3, 0.4) is 0 Å². The van der Waals surface area contributed by atoms with Crippen LogP contribution in [0.25, 0.3) is 0 Å². The van der Waals surface area contributed by atoms with Crippen molar-refractivity contribution in [2.24, 2.45) is 0 Å². The maximum atomic E-state index is 13.6. The van der Waals surface area contributed by atoms with Crippen LogP contribution in [0.15, 0.2) is 42.5 Å². The number of hydrogen-bond acceptors (Lipinski definition) is 2. The molecule has 2 N–H and O–H groups in total. The molecule has 0 spiro atoms. The molecule has 1 atom stereocenters. The topological polar surface area (TPSA) is 32.3 Å². The summed E-state index contributed by atoms with van der Waals surface area (Å²) in [5.74, 6) is -0.338. The molecule has 0 aliphatic heterocycles. The van der Waals surface area contributed by atoms with E-state index >= 15 is 0 Å². The lowest BCUT2D eigenvalue weighted by atomic mass is 10.1. The Bertz CT molecular complexity index is 572. The first-order chi connectivity index (χ1) is 9.08. The molecular weight excluding hydrogens is 265 g/mol. The molecule has 2 aromatic carbocycles. The van der Waals surface area contributed by atoms with Crippen molar-refractivity contribution in [3.05, 3.63) is 64.4 Å². The average molecular weight is 280 g/mol. The van der Waals surface area contributed by atoms with Gasteiger partial charge in [-0.15, -0.1) is 0 Å². The minimum absolute atomic E-state index is 0.338. The summed E-state index contributed by atoms with van der Waals surface area (Å²) in [6.45, 7) is 2.04. The molecule has 2 nitrogen and oxygen atoms in total. The van der Waals surface area contributed by atoms with Crippen molar-refractivity contribution in [2.45, 2.75) is 19.6 Å². The lowest BCUT2D eigenvalue weighted by Crippen LogP contribution is -2.05. The standard InChI is InChI=1S/C15H15ClFNO/c1-10(19)13-4-2-3-5-15(13)18-9-11-6-7-12(16)8-14(11)17/h2-8,10,18-19H,9H2,1H3. The molecule has 2 rings (SSSR count). The van der Waals surface area contributed by atoms with Crippen LogP contribution in [-0.4, -0.2) is 5.11 Å². The summed E-state index contributed by atoms with van der Waals surface area (Å²) in [5.41, 5.74) is 2.12. The lowest BCUT2D eigenvalue weighted by molar-refractivity contribution is 0.200. The molecule has 0 aromatic heterocycles. The van der Waals surface area contributed by atoms with E-state index in [2.05, 4.69) is 5.32 Å². The van der Waals surface area contributed by atoms with E-state index in [1.807, 2.05) is 24.3 Å². The van der Waals surface area contributed by atoms with Crippen molar-refractivity contribution in [1.29, 1.82) is 0 Å². The Balaban J connectivity index is 2.14. The third-order valence-electron chi connectivity index (χ3n) is 2.90. The number of para-hydroxylation sites is 1. The highest BCUT2D eigenvalue weighted by Crippen LogP contribution is 2.23. The van der Waals surface area contributed by atoms with Gasteiger partial charge in [-0.25, -0.2) is 4.39 Å². The number of aliphatic hydroxyl groups is 1. The van der Waals surface area contributed by atoms with Gasteiger partial charge in [0.25, 0.3) is 0 Å². The molecule has 0 amide bonds. The van der Waals surface area contributed by atoms with Gasteiger partial charge in [-0.2, -0.15) is 0 Å². The Morgan fingerprint density at radius 1 is 1.26 bits per heavy atom. The normalized spacial score (nSPS) is 12.2. The SMILES string of the molecule is CC(O)c1ccccc1NCc1ccc(Cl)cc1F. The monoisotopic (exact) mass is 279 g/mol. The summed E-state index contributed by atoms with van der Waals surface area (Å²) in [5, 5.41) is 13.2. The average Bonchev–Trinajstić information content (AvgIpc) is 2.38. The number of aliphatic hydroxyl groups excluding tert-OH is 1. The highest BCUT2D eigenvalue weighted by atomic mass is 35.5. The summed E-state index contributed by atoms with van der Waals surface area (Å²) in [7, 11) is 0. The quantitative estimate of drug-likeness (QED) is 0.881. The second-order valence-electron chi connectivity index (χ2n) is 4.35. The van der Waals surface area contributed by atoms with Crippen LogP contribution in [-0.2, 0) is 6.54 Å². The van der Waals surface area contributed by atoms with E-state index in [-0.39, 0.29) is 5.82 Å². The Kier molecular flexibility index (Phi) is 4.40. The molecule has 4 heteroatoms. The molecule has 2 aromatic rings. The summed E-state index contributed by atoms with van der Waals surface area (Å²) >= 11 is 5.71. The molecule has 19 heavy (non-hydrogen) atoms. The molecule has 0 aliphatic carbocycles. The molecule has 0 aliphatic rings. The summed E-state index contributed by atoms with van der Waals surface area (Å²) in [6, 6.07) is 12.0. The van der Waals surface area contributed by atoms with Crippen molar-refractivity contribution in [1.82, 2.24) is 0 Å². The van der Waals surface area contributed by atoms with Gasteiger partial charge in [-0.3, -0.25) is 0 Å². The molecular formula is C15H15ClFNO. The third kappa shape index (κ3) is 3.46. The number of benzene rings is 2. The fourth-order valence-electron chi connectivity index (χ4n) is 1.88. The van der Waals surface area contributed by atoms with Crippen LogP contribution >= 0.6 is 11.6 Å². The van der Waals surface area contributed by atoms with E-state index in [4.69, 9.17) is 11.6 Å². The first-order valence-electron chi connectivity index (χ1n) is 6.02. The van der Waals surface area contributed by atoms with Crippen LogP contribution in [0.5, 0.6) is 0 Å². The van der Waals surface area contributed by atoms with E-state index < -0.39 is 6.10 Å². The number of rotatable bonds is 4. The number of anilines is 1. The molecule has 0 bridgehead atoms. The van der Waals surface area contributed by atoms with Gasteiger partial charge < -0.3 is 10.4 Å². The van der Waals surface area contributed by atoms with Crippen molar-refractivity contribution in [3.63, 3.8) is 0 Å². The molecule has 0 fully saturated rings. The second kappa shape index (κ2) is 6.04. The summed E-state index contributed by atoms with van der Waals surface area (Å²) < 4.78 is 13.6. The first kappa shape index (κ1) is 13.8. The fourth-order valence-corrected chi connectivity index (χ4v) is 2.04. The van der Waals surface area contributed by atoms with E-state index in [0.29, 0.717) is 17.1 Å². The minimum atomic E-state index is -0.571. The highest BCUT2D eigenvalue weighted by molar-refractivity contribution is 6.30. The van der Waals surface area contributed by atoms with Gasteiger partial charge in [0.05, 0.1) is 6.10 Å². The Hall–Kier alpha value is -1.58. The molecule has 0 radical (unpaired) electrons. The largest absolute Gasteiger partial charge is 0.389 e. The maximum absolute atomic E-state index is 13.6. The zero-order chi connectivity index (χ0) is 13.8. The molecule has 0 heterocycles. The Labute approximate surface area is 116 Å². The first-order valence-corrected chi connectivity index (χ1v) is 6.40. The van der Waals surface area contributed by atoms with Crippen molar-refractivity contribution in [2.75, 3.05) is 5.32 Å². The zero-order valence-corrected chi connectivity index (χ0v) is 11.3. The molecule has 0 saturated carbocycles. The molecule has 1 unspecified atom stereocenters. The predicted octanol–water partition coefficient (Wildman–Crippen LogP) is 4.14. The molecule has 0 saturated heterocycles. The summed E-state index contributed by atoms with van der Waals surface area (Å²) in [6.07, 6.45) is -0.571. The van der Waals surface area contributed by atoms with Crippen molar-refractivity contribution in [3.8, 4) is 0 Å². The number of halogens is 2. The second-order valence-corrected chi connectivity index (χ2v) is 4.79. The third-order valence-corrected chi connectivity index (χ3v) is 3.13. The van der Waals surface area contributed by atoms with Crippen LogP contribution in [0.2, 0.25) is 5.02 Å². The number of hydrogen-bond donors (Lipinski definition) is 2. The van der Waals surface area contributed by atoms with E-state index in [1.165, 1.54) is 6.07 Å². The van der Waals surface area contributed by atoms with Crippen LogP contribution in [0.4, 0.5) is 10.1 Å². The van der Waals surface area contributed by atoms with Gasteiger partial charge in [0.1, 0.15) is 5.82 Å². The van der Waals surface area contributed by atoms with Gasteiger partial charge in [-0.05, 0) is 25.1 Å². The number of nitrogens with one attached hydrogen (secondary N) is 1. The maximum Gasteiger partial charge on any atom is 0.129 e. The smallest absolute Gasteiger partial charge is 0.129 e. The van der Waals surface area contributed by atoms with Gasteiger partial charge >= 0.3 is 0 Å². The van der Waals surface area contributed by atoms with Crippen LogP contribution in [0, 0.1) is 5.82 Å². The van der Waals surface area contributed by atoms with Gasteiger partial charge in [-0.1, -0.05) is 35.9 Å². The van der Waals surface area contributed by atoms with Gasteiger partial charge in [0.15, 0.2) is 0 Å². The van der Waals surface area contributed by atoms with Crippen molar-refractivity contribution < 1.29 is 9.50 Å². The van der Waals surface area contributed by atoms with Crippen LogP contribution in [0.1, 0.15) is 24.2 Å². The van der Waals surface area contributed by atoms with E-state index in [9.17, 15) is 9.50 Å².